The van der Waals surface area contributed by atoms with Crippen LogP contribution in [0.5, 0.6) is 5.75 Å². The summed E-state index contributed by atoms with van der Waals surface area (Å²) in [7, 11) is 1.55. The summed E-state index contributed by atoms with van der Waals surface area (Å²) in [6.45, 7) is 2.05. The molecule has 0 saturated heterocycles. The van der Waals surface area contributed by atoms with E-state index in [0.717, 1.165) is 27.0 Å². The Morgan fingerprint density at radius 2 is 2.00 bits per heavy atom. The maximum absolute atomic E-state index is 12.7. The van der Waals surface area contributed by atoms with Gasteiger partial charge >= 0.3 is 0 Å². The van der Waals surface area contributed by atoms with Crippen LogP contribution in [0.25, 0.3) is 17.3 Å². The molecule has 0 unspecified atom stereocenters. The number of ether oxygens (including phenoxy) is 1. The third kappa shape index (κ3) is 4.91. The van der Waals surface area contributed by atoms with Crippen LogP contribution in [0.1, 0.15) is 17.4 Å². The SMILES string of the molecule is CCc1sc(NC(=O)/C(C#N)=C/c2ccccc2OC)nc1-c1ccc(Br)cc1. The fraction of sp³-hybridized carbons (Fsp3) is 0.136. The topological polar surface area (TPSA) is 75.0 Å². The Labute approximate surface area is 181 Å². The van der Waals surface area contributed by atoms with Crippen LogP contribution >= 0.6 is 27.3 Å². The first-order valence-electron chi connectivity index (χ1n) is 8.87. The van der Waals surface area contributed by atoms with E-state index in [1.165, 1.54) is 17.4 Å². The Morgan fingerprint density at radius 1 is 1.28 bits per heavy atom. The lowest BCUT2D eigenvalue weighted by Crippen LogP contribution is -2.13. The number of halogens is 1. The van der Waals surface area contributed by atoms with Crippen LogP contribution in [0.4, 0.5) is 5.13 Å². The number of para-hydroxylation sites is 1. The second-order valence-electron chi connectivity index (χ2n) is 6.02. The van der Waals surface area contributed by atoms with Crippen LogP contribution in [0.3, 0.4) is 0 Å². The highest BCUT2D eigenvalue weighted by atomic mass is 79.9. The van der Waals surface area contributed by atoms with Crippen molar-refractivity contribution in [3.8, 4) is 23.1 Å². The normalized spacial score (nSPS) is 11.0. The van der Waals surface area contributed by atoms with Gasteiger partial charge in [-0.05, 0) is 30.7 Å². The minimum atomic E-state index is -0.503. The maximum atomic E-state index is 12.7. The Hall–Kier alpha value is -2.95. The number of nitrogens with one attached hydrogen (secondary N) is 1. The van der Waals surface area contributed by atoms with E-state index >= 15 is 0 Å². The highest BCUT2D eigenvalue weighted by Crippen LogP contribution is 2.32. The first-order valence-corrected chi connectivity index (χ1v) is 10.5. The van der Waals surface area contributed by atoms with Gasteiger partial charge in [0.1, 0.15) is 17.4 Å². The zero-order valence-corrected chi connectivity index (χ0v) is 18.3. The molecule has 3 rings (SSSR count). The van der Waals surface area contributed by atoms with Gasteiger partial charge in [0.25, 0.3) is 5.91 Å². The molecule has 0 radical (unpaired) electrons. The number of nitriles is 1. The van der Waals surface area contributed by atoms with E-state index in [1.54, 1.807) is 19.2 Å². The van der Waals surface area contributed by atoms with Gasteiger partial charge in [-0.15, -0.1) is 11.3 Å². The summed E-state index contributed by atoms with van der Waals surface area (Å²) in [6, 6.07) is 17.0. The number of carbonyl (C=O) groups excluding carboxylic acids is 1. The Kier molecular flexibility index (Phi) is 6.81. The minimum absolute atomic E-state index is 0.0204. The van der Waals surface area contributed by atoms with E-state index in [4.69, 9.17) is 4.74 Å². The number of nitrogens with zero attached hydrogens (tertiary/aromatic N) is 2. The molecular weight excluding hydrogens is 450 g/mol. The highest BCUT2D eigenvalue weighted by Gasteiger charge is 2.16. The molecule has 0 aliphatic rings. The van der Waals surface area contributed by atoms with E-state index in [2.05, 4.69) is 26.2 Å². The van der Waals surface area contributed by atoms with E-state index in [0.29, 0.717) is 16.4 Å². The Morgan fingerprint density at radius 3 is 2.66 bits per heavy atom. The van der Waals surface area contributed by atoms with Gasteiger partial charge in [-0.1, -0.05) is 53.2 Å². The molecule has 3 aromatic rings. The molecular formula is C22H18BrN3O2S. The summed E-state index contributed by atoms with van der Waals surface area (Å²) >= 11 is 4.84. The number of benzene rings is 2. The number of aryl methyl sites for hydroxylation is 1. The van der Waals surface area contributed by atoms with Crippen molar-refractivity contribution in [1.29, 1.82) is 5.26 Å². The second-order valence-corrected chi connectivity index (χ2v) is 8.02. The molecule has 0 fully saturated rings. The molecule has 1 N–H and O–H groups in total. The van der Waals surface area contributed by atoms with Gasteiger partial charge < -0.3 is 4.74 Å². The first kappa shape index (κ1) is 20.8. The molecule has 0 aliphatic heterocycles. The van der Waals surface area contributed by atoms with Crippen LogP contribution < -0.4 is 10.1 Å². The first-order chi connectivity index (χ1) is 14.0. The molecule has 0 aliphatic carbocycles. The summed E-state index contributed by atoms with van der Waals surface area (Å²) in [5.74, 6) is 0.0882. The number of carbonyl (C=O) groups is 1. The Balaban J connectivity index is 1.87. The molecule has 0 bridgehead atoms. The summed E-state index contributed by atoms with van der Waals surface area (Å²) in [4.78, 5) is 18.3. The average molecular weight is 468 g/mol. The van der Waals surface area contributed by atoms with Crippen molar-refractivity contribution in [2.45, 2.75) is 13.3 Å². The predicted molar refractivity (Wildman–Crippen MR) is 120 cm³/mol. The number of amides is 1. The zero-order chi connectivity index (χ0) is 20.8. The zero-order valence-electron chi connectivity index (χ0n) is 15.9. The highest BCUT2D eigenvalue weighted by molar-refractivity contribution is 9.10. The minimum Gasteiger partial charge on any atom is -0.496 e. The third-order valence-electron chi connectivity index (χ3n) is 4.16. The van der Waals surface area contributed by atoms with Gasteiger partial charge in [-0.3, -0.25) is 10.1 Å². The van der Waals surface area contributed by atoms with Gasteiger partial charge in [0.2, 0.25) is 0 Å². The van der Waals surface area contributed by atoms with Gasteiger partial charge in [0, 0.05) is 20.5 Å². The van der Waals surface area contributed by atoms with E-state index < -0.39 is 5.91 Å². The van der Waals surface area contributed by atoms with E-state index in [9.17, 15) is 10.1 Å². The summed E-state index contributed by atoms with van der Waals surface area (Å²) in [5, 5.41) is 12.7. The second kappa shape index (κ2) is 9.50. The summed E-state index contributed by atoms with van der Waals surface area (Å²) < 4.78 is 6.27. The largest absolute Gasteiger partial charge is 0.496 e. The van der Waals surface area contributed by atoms with Crippen LogP contribution in [0, 0.1) is 11.3 Å². The van der Waals surface area contributed by atoms with Crippen molar-refractivity contribution in [2.75, 3.05) is 12.4 Å². The van der Waals surface area contributed by atoms with Gasteiger partial charge in [-0.2, -0.15) is 5.26 Å². The standard InChI is InChI=1S/C22H18BrN3O2S/c1-3-19-20(14-8-10-17(23)11-9-14)25-22(29-19)26-21(27)16(13-24)12-15-6-4-5-7-18(15)28-2/h4-12H,3H2,1-2H3,(H,25,26,27)/b16-12+. The number of hydrogen-bond acceptors (Lipinski definition) is 5. The fourth-order valence-electron chi connectivity index (χ4n) is 2.73. The average Bonchev–Trinajstić information content (AvgIpc) is 3.15. The van der Waals surface area contributed by atoms with Gasteiger partial charge in [-0.25, -0.2) is 4.98 Å². The van der Waals surface area contributed by atoms with Crippen LogP contribution in [-0.4, -0.2) is 18.0 Å². The lowest BCUT2D eigenvalue weighted by molar-refractivity contribution is -0.112. The maximum Gasteiger partial charge on any atom is 0.268 e. The number of hydrogen-bond donors (Lipinski definition) is 1. The van der Waals surface area contributed by atoms with Gasteiger partial charge in [0.15, 0.2) is 5.13 Å². The van der Waals surface area contributed by atoms with Crippen molar-refractivity contribution in [1.82, 2.24) is 4.98 Å². The number of methoxy groups -OCH3 is 1. The van der Waals surface area contributed by atoms with Crippen molar-refractivity contribution in [3.63, 3.8) is 0 Å². The molecule has 5 nitrogen and oxygen atoms in total. The molecule has 0 saturated carbocycles. The van der Waals surface area contributed by atoms with Crippen LogP contribution in [0.2, 0.25) is 0 Å². The lowest BCUT2D eigenvalue weighted by atomic mass is 10.1. The quantitative estimate of drug-likeness (QED) is 0.373. The molecule has 29 heavy (non-hydrogen) atoms. The third-order valence-corrected chi connectivity index (χ3v) is 5.80. The van der Waals surface area contributed by atoms with Crippen LogP contribution in [-0.2, 0) is 11.2 Å². The fourth-order valence-corrected chi connectivity index (χ4v) is 3.92. The van der Waals surface area contributed by atoms with Crippen molar-refractivity contribution in [2.24, 2.45) is 0 Å². The molecule has 1 amide bonds. The molecule has 0 spiro atoms. The number of aromatic nitrogens is 1. The Bertz CT molecular complexity index is 1100. The lowest BCUT2D eigenvalue weighted by Gasteiger charge is -2.05. The molecule has 2 aromatic carbocycles. The molecule has 146 valence electrons. The smallest absolute Gasteiger partial charge is 0.268 e. The van der Waals surface area contributed by atoms with E-state index in [-0.39, 0.29) is 5.57 Å². The molecule has 0 atom stereocenters. The predicted octanol–water partition coefficient (Wildman–Crippen LogP) is 5.69. The van der Waals surface area contributed by atoms with Crippen molar-refractivity contribution in [3.05, 3.63) is 69.0 Å². The summed E-state index contributed by atoms with van der Waals surface area (Å²) in [5.41, 5.74) is 2.46. The number of anilines is 1. The van der Waals surface area contributed by atoms with Crippen LogP contribution in [0.15, 0.2) is 58.6 Å². The summed E-state index contributed by atoms with van der Waals surface area (Å²) in [6.07, 6.45) is 2.30. The molecule has 1 heterocycles. The van der Waals surface area contributed by atoms with Crippen molar-refractivity contribution >= 4 is 44.4 Å². The molecule has 1 aromatic heterocycles. The monoisotopic (exact) mass is 467 g/mol. The van der Waals surface area contributed by atoms with E-state index in [1.807, 2.05) is 49.4 Å². The van der Waals surface area contributed by atoms with Gasteiger partial charge in [0.05, 0.1) is 12.8 Å². The number of rotatable bonds is 6. The number of thiazole rings is 1. The van der Waals surface area contributed by atoms with Crippen molar-refractivity contribution < 1.29 is 9.53 Å². The molecule has 7 heteroatoms.